The lowest BCUT2D eigenvalue weighted by Gasteiger charge is -2.40. The first-order valence-corrected chi connectivity index (χ1v) is 6.81. The van der Waals surface area contributed by atoms with Crippen LogP contribution in [0, 0.1) is 0 Å². The number of hydrazine groups is 1. The Balaban J connectivity index is 2.38. The number of hydrogen-bond donors (Lipinski definition) is 2. The Kier molecular flexibility index (Phi) is 4.21. The number of nitrogen functional groups attached to an aromatic ring is 1. The van der Waals surface area contributed by atoms with Crippen LogP contribution >= 0.6 is 0 Å². The zero-order chi connectivity index (χ0) is 14.0. The third kappa shape index (κ3) is 2.79. The summed E-state index contributed by atoms with van der Waals surface area (Å²) in [4.78, 5) is 13.4. The molecule has 106 valence electrons. The molecule has 0 spiro atoms. The Morgan fingerprint density at radius 1 is 1.37 bits per heavy atom. The third-order valence-corrected chi connectivity index (χ3v) is 3.68. The van der Waals surface area contributed by atoms with Crippen LogP contribution in [0.5, 0.6) is 0 Å². The summed E-state index contributed by atoms with van der Waals surface area (Å²) in [7, 11) is 2.16. The second-order valence-corrected chi connectivity index (χ2v) is 5.56. The van der Waals surface area contributed by atoms with E-state index in [4.69, 9.17) is 5.84 Å². The van der Waals surface area contributed by atoms with E-state index in [1.54, 1.807) is 6.33 Å². The Labute approximate surface area is 115 Å². The Bertz CT molecular complexity index is 433. The average Bonchev–Trinajstić information content (AvgIpc) is 2.37. The Morgan fingerprint density at radius 2 is 2.11 bits per heavy atom. The largest absolute Gasteiger partial charge is 0.351 e. The molecule has 2 rings (SSSR count). The zero-order valence-corrected chi connectivity index (χ0v) is 12.2. The number of nitrogens with zero attached hydrogens (tertiary/aromatic N) is 4. The van der Waals surface area contributed by atoms with Crippen LogP contribution in [-0.2, 0) is 0 Å². The van der Waals surface area contributed by atoms with Gasteiger partial charge in [0.1, 0.15) is 18.0 Å². The van der Waals surface area contributed by atoms with Gasteiger partial charge in [0.15, 0.2) is 0 Å². The first-order valence-electron chi connectivity index (χ1n) is 6.81. The Hall–Kier alpha value is -1.40. The number of nitrogens with two attached hydrogens (primary N) is 1. The molecule has 1 aliphatic rings. The number of rotatable bonds is 3. The summed E-state index contributed by atoms with van der Waals surface area (Å²) in [5.74, 6) is 7.64. The molecule has 0 aliphatic carbocycles. The molecule has 1 aliphatic heterocycles. The molecule has 1 aromatic rings. The highest BCUT2D eigenvalue weighted by Gasteiger charge is 2.26. The maximum absolute atomic E-state index is 5.58. The van der Waals surface area contributed by atoms with E-state index in [9.17, 15) is 0 Å². The first-order chi connectivity index (χ1) is 9.04. The van der Waals surface area contributed by atoms with E-state index in [-0.39, 0.29) is 0 Å². The molecule has 1 fully saturated rings. The smallest absolute Gasteiger partial charge is 0.148 e. The van der Waals surface area contributed by atoms with E-state index in [1.807, 2.05) is 0 Å². The van der Waals surface area contributed by atoms with Gasteiger partial charge in [0.25, 0.3) is 0 Å². The van der Waals surface area contributed by atoms with Gasteiger partial charge in [-0.2, -0.15) is 0 Å². The lowest BCUT2D eigenvalue weighted by Crippen LogP contribution is -2.51. The number of aromatic nitrogens is 2. The molecule has 1 saturated heterocycles. The molecule has 0 bridgehead atoms. The standard InChI is InChI=1S/C13H24N6/c1-9(2)11-12(17-14)15-8-16-13(11)19-6-5-18(4)7-10(19)3/h8-10H,5-7,14H2,1-4H3,(H,15,16,17). The maximum Gasteiger partial charge on any atom is 0.148 e. The average molecular weight is 264 g/mol. The van der Waals surface area contributed by atoms with Crippen LogP contribution < -0.4 is 16.2 Å². The summed E-state index contributed by atoms with van der Waals surface area (Å²) in [6.07, 6.45) is 1.58. The molecular weight excluding hydrogens is 240 g/mol. The molecule has 0 radical (unpaired) electrons. The van der Waals surface area contributed by atoms with Gasteiger partial charge in [-0.05, 0) is 19.9 Å². The highest BCUT2D eigenvalue weighted by molar-refractivity contribution is 5.60. The van der Waals surface area contributed by atoms with Crippen LogP contribution in [0.15, 0.2) is 6.33 Å². The fourth-order valence-corrected chi connectivity index (χ4v) is 2.72. The second-order valence-electron chi connectivity index (χ2n) is 5.56. The molecule has 1 atom stereocenters. The predicted molar refractivity (Wildman–Crippen MR) is 78.2 cm³/mol. The fourth-order valence-electron chi connectivity index (χ4n) is 2.72. The molecule has 3 N–H and O–H groups in total. The number of piperazine rings is 1. The molecule has 19 heavy (non-hydrogen) atoms. The van der Waals surface area contributed by atoms with E-state index in [0.717, 1.165) is 36.8 Å². The monoisotopic (exact) mass is 264 g/mol. The quantitative estimate of drug-likeness (QED) is 0.627. The van der Waals surface area contributed by atoms with Crippen molar-refractivity contribution in [2.45, 2.75) is 32.7 Å². The minimum absolute atomic E-state index is 0.328. The highest BCUT2D eigenvalue weighted by atomic mass is 15.3. The summed E-state index contributed by atoms with van der Waals surface area (Å²) >= 11 is 0. The van der Waals surface area contributed by atoms with Gasteiger partial charge in [0, 0.05) is 31.2 Å². The third-order valence-electron chi connectivity index (χ3n) is 3.68. The highest BCUT2D eigenvalue weighted by Crippen LogP contribution is 2.32. The summed E-state index contributed by atoms with van der Waals surface area (Å²) in [6, 6.07) is 0.441. The van der Waals surface area contributed by atoms with Crippen molar-refractivity contribution in [3.63, 3.8) is 0 Å². The van der Waals surface area contributed by atoms with E-state index in [2.05, 4.69) is 53.0 Å². The molecular formula is C13H24N6. The van der Waals surface area contributed by atoms with Crippen molar-refractivity contribution in [3.8, 4) is 0 Å². The van der Waals surface area contributed by atoms with Crippen molar-refractivity contribution < 1.29 is 0 Å². The lowest BCUT2D eigenvalue weighted by molar-refractivity contribution is 0.274. The van der Waals surface area contributed by atoms with Gasteiger partial charge in [0.2, 0.25) is 0 Å². The fraction of sp³-hybridized carbons (Fsp3) is 0.692. The maximum atomic E-state index is 5.58. The van der Waals surface area contributed by atoms with Gasteiger partial charge in [0.05, 0.1) is 0 Å². The van der Waals surface area contributed by atoms with Crippen molar-refractivity contribution in [1.82, 2.24) is 14.9 Å². The molecule has 2 heterocycles. The van der Waals surface area contributed by atoms with E-state index in [0.29, 0.717) is 12.0 Å². The first kappa shape index (κ1) is 14.0. The van der Waals surface area contributed by atoms with Gasteiger partial charge in [-0.15, -0.1) is 0 Å². The van der Waals surface area contributed by atoms with E-state index < -0.39 is 0 Å². The van der Waals surface area contributed by atoms with E-state index in [1.165, 1.54) is 0 Å². The number of nitrogens with one attached hydrogen (secondary N) is 1. The molecule has 6 heteroatoms. The zero-order valence-electron chi connectivity index (χ0n) is 12.2. The van der Waals surface area contributed by atoms with Crippen LogP contribution in [-0.4, -0.2) is 47.6 Å². The normalized spacial score (nSPS) is 20.9. The van der Waals surface area contributed by atoms with Crippen LogP contribution in [0.3, 0.4) is 0 Å². The van der Waals surface area contributed by atoms with E-state index >= 15 is 0 Å². The van der Waals surface area contributed by atoms with Gasteiger partial charge in [-0.3, -0.25) is 0 Å². The SMILES string of the molecule is CC(C)c1c(NN)ncnc1N1CCN(C)CC1C. The molecule has 0 saturated carbocycles. The summed E-state index contributed by atoms with van der Waals surface area (Å²) in [5.41, 5.74) is 3.79. The molecule has 0 amide bonds. The van der Waals surface area contributed by atoms with Crippen LogP contribution in [0.1, 0.15) is 32.3 Å². The minimum Gasteiger partial charge on any atom is -0.351 e. The molecule has 0 aromatic carbocycles. The molecule has 6 nitrogen and oxygen atoms in total. The van der Waals surface area contributed by atoms with Gasteiger partial charge >= 0.3 is 0 Å². The summed E-state index contributed by atoms with van der Waals surface area (Å²) in [5, 5.41) is 0. The van der Waals surface area contributed by atoms with Crippen LogP contribution in [0.4, 0.5) is 11.6 Å². The Morgan fingerprint density at radius 3 is 2.68 bits per heavy atom. The van der Waals surface area contributed by atoms with Crippen molar-refractivity contribution in [2.75, 3.05) is 37.0 Å². The molecule has 1 aromatic heterocycles. The minimum atomic E-state index is 0.328. The predicted octanol–water partition coefficient (Wildman–Crippen LogP) is 1.03. The van der Waals surface area contributed by atoms with Gasteiger partial charge < -0.3 is 15.2 Å². The van der Waals surface area contributed by atoms with Gasteiger partial charge in [-0.25, -0.2) is 15.8 Å². The number of hydrogen-bond acceptors (Lipinski definition) is 6. The van der Waals surface area contributed by atoms with Crippen molar-refractivity contribution in [3.05, 3.63) is 11.9 Å². The van der Waals surface area contributed by atoms with Crippen molar-refractivity contribution in [1.29, 1.82) is 0 Å². The summed E-state index contributed by atoms with van der Waals surface area (Å²) < 4.78 is 0. The molecule has 1 unspecified atom stereocenters. The second kappa shape index (κ2) is 5.71. The van der Waals surface area contributed by atoms with Gasteiger partial charge in [-0.1, -0.05) is 13.8 Å². The number of likely N-dealkylation sites (N-methyl/N-ethyl adjacent to an activating group) is 1. The van der Waals surface area contributed by atoms with Crippen LogP contribution in [0.2, 0.25) is 0 Å². The van der Waals surface area contributed by atoms with Crippen LogP contribution in [0.25, 0.3) is 0 Å². The lowest BCUT2D eigenvalue weighted by atomic mass is 10.0. The van der Waals surface area contributed by atoms with Crippen molar-refractivity contribution in [2.24, 2.45) is 5.84 Å². The topological polar surface area (TPSA) is 70.3 Å². The summed E-state index contributed by atoms with van der Waals surface area (Å²) in [6.45, 7) is 9.60. The van der Waals surface area contributed by atoms with Crippen molar-refractivity contribution >= 4 is 11.6 Å². The number of anilines is 2.